The Kier molecular flexibility index (Phi) is 6.85. The quantitative estimate of drug-likeness (QED) is 0.730. The van der Waals surface area contributed by atoms with E-state index in [2.05, 4.69) is 81.5 Å². The maximum atomic E-state index is 3.57. The summed E-state index contributed by atoms with van der Waals surface area (Å²) < 4.78 is 2.25. The third-order valence-electron chi connectivity index (χ3n) is 2.52. The maximum Gasteiger partial charge on any atom is 0.0231 e. The van der Waals surface area contributed by atoms with Crippen LogP contribution in [-0.4, -0.2) is 18.6 Å². The topological polar surface area (TPSA) is 24.1 Å². The van der Waals surface area contributed by atoms with E-state index in [-0.39, 0.29) is 5.54 Å². The van der Waals surface area contributed by atoms with Gasteiger partial charge in [-0.15, -0.1) is 0 Å². The molecule has 1 aromatic rings. The molecule has 0 saturated carbocycles. The summed E-state index contributed by atoms with van der Waals surface area (Å²) >= 11 is 7.03. The Bertz CT molecular complexity index is 373. The monoisotopic (exact) mass is 376 g/mol. The second-order valence-electron chi connectivity index (χ2n) is 5.44. The molecule has 0 bridgehead atoms. The van der Waals surface area contributed by atoms with Crippen LogP contribution in [-0.2, 0) is 6.54 Å². The SMILES string of the molecule is CC(C)(C)NCCCNCc1ccc(Br)cc1Br. The average Bonchev–Trinajstić information content (AvgIpc) is 2.24. The van der Waals surface area contributed by atoms with Crippen LogP contribution in [0.3, 0.4) is 0 Å². The van der Waals surface area contributed by atoms with E-state index in [1.807, 2.05) is 0 Å². The smallest absolute Gasteiger partial charge is 0.0231 e. The van der Waals surface area contributed by atoms with Gasteiger partial charge in [-0.3, -0.25) is 0 Å². The number of benzene rings is 1. The summed E-state index contributed by atoms with van der Waals surface area (Å²) in [5, 5.41) is 6.95. The Morgan fingerprint density at radius 1 is 1.11 bits per heavy atom. The Morgan fingerprint density at radius 3 is 2.44 bits per heavy atom. The minimum absolute atomic E-state index is 0.217. The molecule has 0 amide bonds. The van der Waals surface area contributed by atoms with Gasteiger partial charge in [-0.1, -0.05) is 37.9 Å². The Labute approximate surface area is 127 Å². The highest BCUT2D eigenvalue weighted by molar-refractivity contribution is 9.11. The van der Waals surface area contributed by atoms with Gasteiger partial charge in [0.1, 0.15) is 0 Å². The number of nitrogens with one attached hydrogen (secondary N) is 2. The lowest BCUT2D eigenvalue weighted by Gasteiger charge is -2.20. The lowest BCUT2D eigenvalue weighted by molar-refractivity contribution is 0.418. The van der Waals surface area contributed by atoms with Gasteiger partial charge in [0.05, 0.1) is 0 Å². The summed E-state index contributed by atoms with van der Waals surface area (Å²) in [6.45, 7) is 9.57. The molecular weight excluding hydrogens is 356 g/mol. The van der Waals surface area contributed by atoms with Gasteiger partial charge in [-0.2, -0.15) is 0 Å². The van der Waals surface area contributed by atoms with Crippen LogP contribution in [0.1, 0.15) is 32.8 Å². The Hall–Kier alpha value is 0.1000. The van der Waals surface area contributed by atoms with E-state index in [1.165, 1.54) is 5.56 Å². The summed E-state index contributed by atoms with van der Waals surface area (Å²) in [5.74, 6) is 0. The summed E-state index contributed by atoms with van der Waals surface area (Å²) in [4.78, 5) is 0. The number of rotatable bonds is 6. The number of hydrogen-bond acceptors (Lipinski definition) is 2. The van der Waals surface area contributed by atoms with Crippen molar-refractivity contribution in [3.05, 3.63) is 32.7 Å². The van der Waals surface area contributed by atoms with E-state index in [9.17, 15) is 0 Å². The predicted octanol–water partition coefficient (Wildman–Crippen LogP) is 4.08. The van der Waals surface area contributed by atoms with Gasteiger partial charge < -0.3 is 10.6 Å². The standard InChI is InChI=1S/C14H22Br2N2/c1-14(2,3)18-8-4-7-17-10-11-5-6-12(15)9-13(11)16/h5-6,9,17-18H,4,7-8,10H2,1-3H3. The number of hydrogen-bond donors (Lipinski definition) is 2. The number of halogens is 2. The predicted molar refractivity (Wildman–Crippen MR) is 85.9 cm³/mol. The summed E-state index contributed by atoms with van der Waals surface area (Å²) in [6.07, 6.45) is 1.14. The average molecular weight is 378 g/mol. The Morgan fingerprint density at radius 2 is 1.83 bits per heavy atom. The van der Waals surface area contributed by atoms with Crippen LogP contribution in [0.5, 0.6) is 0 Å². The van der Waals surface area contributed by atoms with Gasteiger partial charge in [0.2, 0.25) is 0 Å². The molecular formula is C14H22Br2N2. The molecule has 0 heterocycles. The maximum absolute atomic E-state index is 3.57. The van der Waals surface area contributed by atoms with Crippen LogP contribution >= 0.6 is 31.9 Å². The minimum Gasteiger partial charge on any atom is -0.313 e. The van der Waals surface area contributed by atoms with Gasteiger partial charge in [0.25, 0.3) is 0 Å². The zero-order valence-corrected chi connectivity index (χ0v) is 14.5. The van der Waals surface area contributed by atoms with Crippen LogP contribution in [0.25, 0.3) is 0 Å². The molecule has 0 aliphatic carbocycles. The molecule has 0 aliphatic rings. The van der Waals surface area contributed by atoms with Crippen LogP contribution in [0.2, 0.25) is 0 Å². The fraction of sp³-hybridized carbons (Fsp3) is 0.571. The molecule has 2 nitrogen and oxygen atoms in total. The van der Waals surface area contributed by atoms with E-state index in [4.69, 9.17) is 0 Å². The molecule has 2 N–H and O–H groups in total. The molecule has 0 atom stereocenters. The zero-order chi connectivity index (χ0) is 13.6. The highest BCUT2D eigenvalue weighted by Crippen LogP contribution is 2.21. The minimum atomic E-state index is 0.217. The van der Waals surface area contributed by atoms with E-state index in [1.54, 1.807) is 0 Å². The molecule has 18 heavy (non-hydrogen) atoms. The summed E-state index contributed by atoms with van der Waals surface area (Å²) in [7, 11) is 0. The molecule has 102 valence electrons. The molecule has 0 radical (unpaired) electrons. The van der Waals surface area contributed by atoms with Crippen LogP contribution in [0, 0.1) is 0 Å². The first kappa shape index (κ1) is 16.2. The second-order valence-corrected chi connectivity index (χ2v) is 7.21. The van der Waals surface area contributed by atoms with Gasteiger partial charge in [0, 0.05) is 21.0 Å². The first-order chi connectivity index (χ1) is 8.38. The van der Waals surface area contributed by atoms with Crippen molar-refractivity contribution in [2.45, 2.75) is 39.3 Å². The third-order valence-corrected chi connectivity index (χ3v) is 3.75. The first-order valence-electron chi connectivity index (χ1n) is 6.28. The van der Waals surface area contributed by atoms with Gasteiger partial charge in [-0.05, 0) is 58.0 Å². The van der Waals surface area contributed by atoms with Crippen molar-refractivity contribution < 1.29 is 0 Å². The summed E-state index contributed by atoms with van der Waals surface area (Å²) in [6, 6.07) is 6.29. The molecule has 0 aliphatic heterocycles. The van der Waals surface area contributed by atoms with E-state index >= 15 is 0 Å². The largest absolute Gasteiger partial charge is 0.313 e. The van der Waals surface area contributed by atoms with Crippen LogP contribution in [0.15, 0.2) is 27.1 Å². The van der Waals surface area contributed by atoms with Gasteiger partial charge in [-0.25, -0.2) is 0 Å². The summed E-state index contributed by atoms with van der Waals surface area (Å²) in [5.41, 5.74) is 1.51. The van der Waals surface area contributed by atoms with Gasteiger partial charge in [0.15, 0.2) is 0 Å². The van der Waals surface area contributed by atoms with E-state index in [0.717, 1.165) is 35.0 Å². The van der Waals surface area contributed by atoms with Crippen molar-refractivity contribution >= 4 is 31.9 Å². The molecule has 0 fully saturated rings. The zero-order valence-electron chi connectivity index (χ0n) is 11.3. The first-order valence-corrected chi connectivity index (χ1v) is 7.87. The van der Waals surface area contributed by atoms with Crippen molar-refractivity contribution in [1.29, 1.82) is 0 Å². The Balaban J connectivity index is 2.18. The normalized spacial score (nSPS) is 11.8. The van der Waals surface area contributed by atoms with E-state index in [0.29, 0.717) is 0 Å². The molecule has 1 rings (SSSR count). The fourth-order valence-electron chi connectivity index (χ4n) is 1.56. The van der Waals surface area contributed by atoms with E-state index < -0.39 is 0 Å². The second kappa shape index (κ2) is 7.63. The van der Waals surface area contributed by atoms with Gasteiger partial charge >= 0.3 is 0 Å². The van der Waals surface area contributed by atoms with Crippen molar-refractivity contribution in [2.24, 2.45) is 0 Å². The van der Waals surface area contributed by atoms with Crippen molar-refractivity contribution in [2.75, 3.05) is 13.1 Å². The molecule has 1 aromatic carbocycles. The van der Waals surface area contributed by atoms with Crippen LogP contribution < -0.4 is 10.6 Å². The van der Waals surface area contributed by atoms with Crippen molar-refractivity contribution in [3.8, 4) is 0 Å². The molecule has 0 saturated heterocycles. The van der Waals surface area contributed by atoms with Crippen LogP contribution in [0.4, 0.5) is 0 Å². The van der Waals surface area contributed by atoms with Crippen molar-refractivity contribution in [1.82, 2.24) is 10.6 Å². The third kappa shape index (κ3) is 6.88. The molecule has 4 heteroatoms. The molecule has 0 spiro atoms. The molecule has 0 unspecified atom stereocenters. The highest BCUT2D eigenvalue weighted by Gasteiger charge is 2.06. The fourth-order valence-corrected chi connectivity index (χ4v) is 2.75. The highest BCUT2D eigenvalue weighted by atomic mass is 79.9. The lowest BCUT2D eigenvalue weighted by atomic mass is 10.1. The molecule has 0 aromatic heterocycles. The van der Waals surface area contributed by atoms with Crippen molar-refractivity contribution in [3.63, 3.8) is 0 Å². The lowest BCUT2D eigenvalue weighted by Crippen LogP contribution is -2.37.